The summed E-state index contributed by atoms with van der Waals surface area (Å²) in [4.78, 5) is 7.76. The lowest BCUT2D eigenvalue weighted by atomic mass is 10.3. The number of nitrogens with zero attached hydrogens (tertiary/aromatic N) is 2. The third-order valence-corrected chi connectivity index (χ3v) is 2.21. The van der Waals surface area contributed by atoms with Gasteiger partial charge in [0, 0.05) is 5.54 Å². The molecule has 13 heavy (non-hydrogen) atoms. The molecule has 70 valence electrons. The third kappa shape index (κ3) is 1.63. The highest BCUT2D eigenvalue weighted by atomic mass is 16.3. The minimum atomic E-state index is -0.165. The van der Waals surface area contributed by atoms with Crippen molar-refractivity contribution in [2.45, 2.75) is 25.3 Å². The van der Waals surface area contributed by atoms with Gasteiger partial charge < -0.3 is 16.2 Å². The fourth-order valence-corrected chi connectivity index (χ4v) is 1.02. The Morgan fingerprint density at radius 2 is 2.31 bits per heavy atom. The predicted octanol–water partition coefficient (Wildman–Crippen LogP) is 0.729. The Labute approximate surface area is 76.0 Å². The zero-order valence-corrected chi connectivity index (χ0v) is 7.41. The van der Waals surface area contributed by atoms with Crippen molar-refractivity contribution in [2.24, 2.45) is 0 Å². The van der Waals surface area contributed by atoms with E-state index < -0.39 is 0 Å². The van der Waals surface area contributed by atoms with Crippen LogP contribution in [0.2, 0.25) is 0 Å². The van der Waals surface area contributed by atoms with Crippen LogP contribution in [-0.4, -0.2) is 20.6 Å². The van der Waals surface area contributed by atoms with Gasteiger partial charge in [-0.25, -0.2) is 4.98 Å². The molecule has 0 atom stereocenters. The summed E-state index contributed by atoms with van der Waals surface area (Å²) in [5.74, 6) is 0.272. The molecule has 1 aliphatic rings. The first-order chi connectivity index (χ1) is 6.09. The largest absolute Gasteiger partial charge is 0.492 e. The van der Waals surface area contributed by atoms with E-state index in [0.717, 1.165) is 12.8 Å². The molecule has 0 aromatic carbocycles. The molecule has 0 unspecified atom stereocenters. The highest BCUT2D eigenvalue weighted by molar-refractivity contribution is 5.48. The molecule has 1 fully saturated rings. The molecule has 5 nitrogen and oxygen atoms in total. The summed E-state index contributed by atoms with van der Waals surface area (Å²) in [5.41, 5.74) is 5.68. The van der Waals surface area contributed by atoms with Crippen LogP contribution in [0.1, 0.15) is 19.8 Å². The van der Waals surface area contributed by atoms with Gasteiger partial charge in [-0.3, -0.25) is 0 Å². The van der Waals surface area contributed by atoms with Crippen molar-refractivity contribution in [2.75, 3.05) is 11.1 Å². The number of hydrogen-bond acceptors (Lipinski definition) is 5. The Morgan fingerprint density at radius 1 is 1.62 bits per heavy atom. The van der Waals surface area contributed by atoms with Crippen LogP contribution in [0.25, 0.3) is 0 Å². The summed E-state index contributed by atoms with van der Waals surface area (Å²) in [6, 6.07) is 0. The Hall–Kier alpha value is -1.52. The average molecular weight is 180 g/mol. The van der Waals surface area contributed by atoms with Gasteiger partial charge in [-0.1, -0.05) is 0 Å². The van der Waals surface area contributed by atoms with Crippen molar-refractivity contribution in [3.8, 4) is 5.88 Å². The molecule has 1 aromatic rings. The van der Waals surface area contributed by atoms with Crippen molar-refractivity contribution in [1.29, 1.82) is 0 Å². The van der Waals surface area contributed by atoms with Gasteiger partial charge in [0.1, 0.15) is 5.69 Å². The van der Waals surface area contributed by atoms with Gasteiger partial charge in [-0.15, -0.1) is 0 Å². The Morgan fingerprint density at radius 3 is 2.85 bits per heavy atom. The lowest BCUT2D eigenvalue weighted by Gasteiger charge is -2.10. The van der Waals surface area contributed by atoms with Crippen LogP contribution in [-0.2, 0) is 0 Å². The van der Waals surface area contributed by atoms with Crippen LogP contribution >= 0.6 is 0 Å². The molecule has 1 aliphatic carbocycles. The molecule has 0 aliphatic heterocycles. The predicted molar refractivity (Wildman–Crippen MR) is 49.4 cm³/mol. The molecular formula is C8H12N4O. The van der Waals surface area contributed by atoms with Gasteiger partial charge in [0.25, 0.3) is 0 Å². The number of rotatable bonds is 2. The number of nitrogens with one attached hydrogen (secondary N) is 1. The van der Waals surface area contributed by atoms with E-state index in [-0.39, 0.29) is 17.1 Å². The lowest BCUT2D eigenvalue weighted by Crippen LogP contribution is -2.17. The highest BCUT2D eigenvalue weighted by Gasteiger charge is 2.37. The van der Waals surface area contributed by atoms with Crippen molar-refractivity contribution in [3.05, 3.63) is 6.20 Å². The lowest BCUT2D eigenvalue weighted by molar-refractivity contribution is 0.455. The fourth-order valence-electron chi connectivity index (χ4n) is 1.02. The van der Waals surface area contributed by atoms with Crippen LogP contribution in [0.3, 0.4) is 0 Å². The van der Waals surface area contributed by atoms with E-state index in [1.807, 2.05) is 0 Å². The Kier molecular flexibility index (Phi) is 1.55. The minimum absolute atomic E-state index is 0.114. The maximum atomic E-state index is 9.20. The maximum absolute atomic E-state index is 9.20. The molecule has 4 N–H and O–H groups in total. The van der Waals surface area contributed by atoms with Gasteiger partial charge in [-0.05, 0) is 19.8 Å². The SMILES string of the molecule is CC1(Nc2ncc(N)c(O)n2)CC1. The first-order valence-electron chi connectivity index (χ1n) is 4.19. The first-order valence-corrected chi connectivity index (χ1v) is 4.19. The van der Waals surface area contributed by atoms with Gasteiger partial charge in [0.2, 0.25) is 11.8 Å². The van der Waals surface area contributed by atoms with Crippen LogP contribution in [0.15, 0.2) is 6.20 Å². The maximum Gasteiger partial charge on any atom is 0.239 e. The normalized spacial score (nSPS) is 18.2. The van der Waals surface area contributed by atoms with Crippen molar-refractivity contribution < 1.29 is 5.11 Å². The quantitative estimate of drug-likeness (QED) is 0.624. The second-order valence-corrected chi connectivity index (χ2v) is 3.66. The molecule has 0 spiro atoms. The molecule has 0 radical (unpaired) electrons. The number of anilines is 2. The second-order valence-electron chi connectivity index (χ2n) is 3.66. The Balaban J connectivity index is 2.17. The topological polar surface area (TPSA) is 84.1 Å². The van der Waals surface area contributed by atoms with Gasteiger partial charge in [-0.2, -0.15) is 4.98 Å². The summed E-state index contributed by atoms with van der Waals surface area (Å²) in [7, 11) is 0. The molecule has 5 heteroatoms. The van der Waals surface area contributed by atoms with E-state index in [0.29, 0.717) is 5.95 Å². The molecule has 2 rings (SSSR count). The summed E-state index contributed by atoms with van der Waals surface area (Å²) in [5, 5.41) is 12.3. The van der Waals surface area contributed by atoms with E-state index >= 15 is 0 Å². The van der Waals surface area contributed by atoms with E-state index in [1.54, 1.807) is 0 Å². The monoisotopic (exact) mass is 180 g/mol. The smallest absolute Gasteiger partial charge is 0.239 e. The number of hydrogen-bond donors (Lipinski definition) is 3. The van der Waals surface area contributed by atoms with Gasteiger partial charge in [0.15, 0.2) is 0 Å². The minimum Gasteiger partial charge on any atom is -0.492 e. The number of aromatic nitrogens is 2. The summed E-state index contributed by atoms with van der Waals surface area (Å²) >= 11 is 0. The molecule has 1 aromatic heterocycles. The number of aromatic hydroxyl groups is 1. The molecule has 0 amide bonds. The highest BCUT2D eigenvalue weighted by Crippen LogP contribution is 2.37. The zero-order chi connectivity index (χ0) is 9.47. The second kappa shape index (κ2) is 2.48. The van der Waals surface area contributed by atoms with Crippen molar-refractivity contribution >= 4 is 11.6 Å². The third-order valence-electron chi connectivity index (χ3n) is 2.21. The van der Waals surface area contributed by atoms with Crippen LogP contribution in [0, 0.1) is 0 Å². The van der Waals surface area contributed by atoms with Crippen LogP contribution in [0.4, 0.5) is 11.6 Å². The van der Waals surface area contributed by atoms with E-state index in [9.17, 15) is 5.11 Å². The molecule has 1 saturated carbocycles. The summed E-state index contributed by atoms with van der Waals surface area (Å²) < 4.78 is 0. The molecule has 0 bridgehead atoms. The average Bonchev–Trinajstić information content (AvgIpc) is 2.76. The standard InChI is InChI=1S/C8H12N4O/c1-8(2-3-8)12-7-10-4-5(9)6(13)11-7/h4H,2-3,9H2,1H3,(H2,10,11,12,13). The number of nitrogens with two attached hydrogens (primary N) is 1. The molecule has 1 heterocycles. The molecular weight excluding hydrogens is 168 g/mol. The van der Waals surface area contributed by atoms with Crippen LogP contribution in [0.5, 0.6) is 5.88 Å². The van der Waals surface area contributed by atoms with Crippen molar-refractivity contribution in [3.63, 3.8) is 0 Å². The number of nitrogen functional groups attached to an aromatic ring is 1. The Bertz CT molecular complexity index is 335. The van der Waals surface area contributed by atoms with E-state index in [4.69, 9.17) is 5.73 Å². The van der Waals surface area contributed by atoms with Crippen LogP contribution < -0.4 is 11.1 Å². The van der Waals surface area contributed by atoms with E-state index in [2.05, 4.69) is 22.2 Å². The molecule has 0 saturated heterocycles. The van der Waals surface area contributed by atoms with Gasteiger partial charge >= 0.3 is 0 Å². The van der Waals surface area contributed by atoms with Gasteiger partial charge in [0.05, 0.1) is 6.20 Å². The fraction of sp³-hybridized carbons (Fsp3) is 0.500. The van der Waals surface area contributed by atoms with E-state index in [1.165, 1.54) is 6.20 Å². The summed E-state index contributed by atoms with van der Waals surface area (Å²) in [6.45, 7) is 2.09. The zero-order valence-electron chi connectivity index (χ0n) is 7.41. The first kappa shape index (κ1) is 8.10. The summed E-state index contributed by atoms with van der Waals surface area (Å²) in [6.07, 6.45) is 3.62. The van der Waals surface area contributed by atoms with Crippen molar-refractivity contribution in [1.82, 2.24) is 9.97 Å².